The van der Waals surface area contributed by atoms with Crippen LogP contribution in [-0.2, 0) is 59.7 Å². The molecule has 4 saturated carbocycles. The number of esters is 2. The Bertz CT molecular complexity index is 5340. The number of aromatic nitrogens is 2. The summed E-state index contributed by atoms with van der Waals surface area (Å²) in [4.78, 5) is 123. The number of carbonyl (C=O) groups excluding carboxylic acids is 6. The number of carbonyl (C=O) groups is 6. The summed E-state index contributed by atoms with van der Waals surface area (Å²) in [6.07, 6.45) is 15.8. The summed E-state index contributed by atoms with van der Waals surface area (Å²) < 4.78 is 114. The van der Waals surface area contributed by atoms with Crippen LogP contribution in [0, 0.1) is 60.8 Å². The second kappa shape index (κ2) is 38.1. The molecule has 2 N–H and O–H groups in total. The molecule has 6 aromatic carbocycles. The van der Waals surface area contributed by atoms with Crippen molar-refractivity contribution in [3.63, 3.8) is 0 Å². The zero-order valence-corrected chi connectivity index (χ0v) is 72.3. The Morgan fingerprint density at radius 3 is 1.34 bits per heavy atom. The molecule has 0 radical (unpaired) electrons. The van der Waals surface area contributed by atoms with Crippen molar-refractivity contribution in [3.05, 3.63) is 201 Å². The van der Waals surface area contributed by atoms with Crippen LogP contribution in [0.15, 0.2) is 146 Å². The zero-order valence-electron chi connectivity index (χ0n) is 69.0. The molecule has 122 heavy (non-hydrogen) atoms. The lowest BCUT2D eigenvalue weighted by Gasteiger charge is -2.30. The lowest BCUT2D eigenvalue weighted by molar-refractivity contribution is -0.154. The minimum absolute atomic E-state index is 0.0149. The second-order valence-corrected chi connectivity index (χ2v) is 41.2. The monoisotopic (exact) mass is 1750 g/mol. The van der Waals surface area contributed by atoms with Crippen LogP contribution in [0.1, 0.15) is 202 Å². The van der Waals surface area contributed by atoms with Crippen LogP contribution >= 0.6 is 37.9 Å². The van der Waals surface area contributed by atoms with E-state index in [1.165, 1.54) is 21.9 Å². The van der Waals surface area contributed by atoms with Crippen molar-refractivity contribution in [2.45, 2.75) is 253 Å². The van der Waals surface area contributed by atoms with E-state index in [0.29, 0.717) is 93.3 Å². The van der Waals surface area contributed by atoms with E-state index in [4.69, 9.17) is 52.1 Å². The molecule has 0 spiro atoms. The molecule has 12 atom stereocenters. The number of Topliss-reactive ketones (excluding diaryl/α,β-unsaturated/α-hetero) is 2. The smallest absolute Gasteiger partial charge is 0.306 e. The first kappa shape index (κ1) is 88.2. The Kier molecular flexibility index (Phi) is 27.5. The number of hydrogen-bond acceptors (Lipinski definition) is 14. The van der Waals surface area contributed by atoms with E-state index >= 15 is 0 Å². The van der Waals surface area contributed by atoms with Gasteiger partial charge in [0.1, 0.15) is 59.2 Å². The van der Waals surface area contributed by atoms with Gasteiger partial charge in [0.15, 0.2) is 11.6 Å². The fourth-order valence-corrected chi connectivity index (χ4v) is 25.3. The van der Waals surface area contributed by atoms with Crippen molar-refractivity contribution in [2.24, 2.45) is 23.7 Å². The quantitative estimate of drug-likeness (QED) is 0.0351. The van der Waals surface area contributed by atoms with Crippen molar-refractivity contribution in [1.82, 2.24) is 19.8 Å². The molecule has 6 heterocycles. The summed E-state index contributed by atoms with van der Waals surface area (Å²) in [6.45, 7) is 3.83. The molecule has 2 aromatic heterocycles. The summed E-state index contributed by atoms with van der Waals surface area (Å²) >= 11 is 13.7. The van der Waals surface area contributed by atoms with Crippen molar-refractivity contribution >= 4 is 95.1 Å². The predicted molar refractivity (Wildman–Crippen MR) is 461 cm³/mol. The molecule has 646 valence electrons. The van der Waals surface area contributed by atoms with E-state index in [9.17, 15) is 65.2 Å². The van der Waals surface area contributed by atoms with E-state index < -0.39 is 137 Å². The van der Waals surface area contributed by atoms with Gasteiger partial charge in [-0.25, -0.2) is 27.5 Å². The van der Waals surface area contributed by atoms with Gasteiger partial charge in [0.2, 0.25) is 26.6 Å². The molecule has 8 aromatic rings. The number of pyridine rings is 2. The summed E-state index contributed by atoms with van der Waals surface area (Å²) in [5, 5.41) is -0.612. The summed E-state index contributed by atoms with van der Waals surface area (Å²) in [6, 6.07) is 34.9. The van der Waals surface area contributed by atoms with Crippen LogP contribution < -0.4 is 9.47 Å². The van der Waals surface area contributed by atoms with E-state index in [0.717, 1.165) is 136 Å². The number of ketones is 2. The van der Waals surface area contributed by atoms with E-state index in [-0.39, 0.29) is 94.4 Å². The third kappa shape index (κ3) is 19.6. The van der Waals surface area contributed by atoms with Gasteiger partial charge in [-0.1, -0.05) is 165 Å². The normalized spacial score (nSPS) is 26.3. The Balaban J connectivity index is 0.000000190. The van der Waals surface area contributed by atoms with Crippen LogP contribution in [0.3, 0.4) is 0 Å². The largest absolute Gasteiger partial charge is 0.488 e. The van der Waals surface area contributed by atoms with Gasteiger partial charge in [0.05, 0.1) is 93.1 Å². The number of ether oxygens (including phenoxy) is 4. The summed E-state index contributed by atoms with van der Waals surface area (Å²) in [7, 11) is -8.87. The predicted octanol–water partition coefficient (Wildman–Crippen LogP) is 21.6. The molecule has 4 aliphatic heterocycles. The van der Waals surface area contributed by atoms with Crippen molar-refractivity contribution in [3.8, 4) is 34.0 Å². The number of fused-ring (bicyclic) bond motifs is 6. The first-order chi connectivity index (χ1) is 58.7. The fraction of sp³-hybridized carbons (Fsp3) is 0.479. The molecule has 26 heteroatoms. The number of allylic oxidation sites excluding steroid dienone is 2. The van der Waals surface area contributed by atoms with Crippen LogP contribution in [-0.4, -0.2) is 125 Å². The molecule has 16 rings (SSSR count). The summed E-state index contributed by atoms with van der Waals surface area (Å²) in [5.74, 6) is -7.45. The van der Waals surface area contributed by atoms with Gasteiger partial charge in [-0.15, -0.1) is 0 Å². The zero-order chi connectivity index (χ0) is 85.8. The molecule has 0 bridgehead atoms. The lowest BCUT2D eigenvalue weighted by Crippen LogP contribution is -2.45. The average Bonchev–Trinajstić information content (AvgIpc) is 1.55. The molecule has 2 amide bonds. The number of amides is 2. The standard InChI is InChI=1S/C48H54ClF2N2O7P.C48H52ClF2N2O7P/c2*1-30-21-22-36-43(25-40(52-46(36)45(30)49)31-13-7-5-8-14-31)59-35-24-41-42(54)27-48(61(57,58)29-37-38(50)19-12-20-39(37)51)26-33(48)16-9-4-2-3-6-15-32(47(56)53(41)28-35)23-44(55)60-34-17-10-11-18-34/h5,7-8,12-14,19-22,25,32-35,41H,2-4,6,9-11,15-18,23-24,26-29H2,1H3,(H,57,58);5,7-9,12-14,16,19-22,25,32-35,41H,2-4,6,10-11,15,17-18,23-24,26-29H2,1H3,(H,57,58)/b;16-9-/t2*32-,33-,35-,41+,48-/m11/s1. The highest BCUT2D eigenvalue weighted by molar-refractivity contribution is 7.59. The maximum atomic E-state index is 14.9. The average molecular weight is 1750 g/mol. The Labute approximate surface area is 719 Å². The van der Waals surface area contributed by atoms with E-state index in [1.54, 1.807) is 0 Å². The number of aryl methyl sites for hydroxylation is 2. The van der Waals surface area contributed by atoms with E-state index in [1.807, 2.05) is 123 Å². The maximum absolute atomic E-state index is 14.9. The molecule has 18 nitrogen and oxygen atoms in total. The van der Waals surface area contributed by atoms with E-state index in [2.05, 4.69) is 0 Å². The van der Waals surface area contributed by atoms with Gasteiger partial charge in [-0.2, -0.15) is 0 Å². The first-order valence-corrected chi connectivity index (χ1v) is 48.0. The third-order valence-electron chi connectivity index (χ3n) is 26.9. The number of halogens is 6. The molecule has 3 saturated heterocycles. The molecular formula is C96H106Cl2F4N4O14P2. The van der Waals surface area contributed by atoms with Gasteiger partial charge >= 0.3 is 11.9 Å². The van der Waals surface area contributed by atoms with Gasteiger partial charge in [-0.3, -0.25) is 37.9 Å². The lowest BCUT2D eigenvalue weighted by atomic mass is 9.94. The molecule has 4 aliphatic carbocycles. The van der Waals surface area contributed by atoms with Gasteiger partial charge in [0.25, 0.3) is 0 Å². The molecular weight excluding hydrogens is 1640 g/mol. The number of benzene rings is 6. The molecule has 2 unspecified atom stereocenters. The van der Waals surface area contributed by atoms with Gasteiger partial charge in [-0.05, 0) is 170 Å². The van der Waals surface area contributed by atoms with Crippen LogP contribution in [0.4, 0.5) is 17.6 Å². The second-order valence-electron chi connectivity index (χ2n) is 35.2. The van der Waals surface area contributed by atoms with Crippen molar-refractivity contribution in [1.29, 1.82) is 0 Å². The fourth-order valence-electron chi connectivity index (χ4n) is 19.7. The number of nitrogens with zero attached hydrogens (tertiary/aromatic N) is 4. The van der Waals surface area contributed by atoms with Crippen LogP contribution in [0.2, 0.25) is 10.0 Å². The van der Waals surface area contributed by atoms with Crippen LogP contribution in [0.25, 0.3) is 44.3 Å². The minimum Gasteiger partial charge on any atom is -0.488 e. The van der Waals surface area contributed by atoms with Crippen LogP contribution in [0.5, 0.6) is 11.5 Å². The highest BCUT2D eigenvalue weighted by Gasteiger charge is 2.67. The number of hydrogen-bond donors (Lipinski definition) is 2. The highest BCUT2D eigenvalue weighted by Crippen LogP contribution is 2.76. The van der Waals surface area contributed by atoms with Crippen molar-refractivity contribution in [2.75, 3.05) is 13.1 Å². The Morgan fingerprint density at radius 2 is 0.893 bits per heavy atom. The minimum atomic E-state index is -4.46. The van der Waals surface area contributed by atoms with Gasteiger partial charge < -0.3 is 38.5 Å². The van der Waals surface area contributed by atoms with Crippen molar-refractivity contribution < 1.29 is 84.2 Å². The SMILES string of the molecule is Cc1ccc2c(O[C@@H]3C[C@H]4C(=O)C[C@]5(P(=O)(O)Cc6c(F)cccc6F)C[C@H]5/C=C\CCCCC[C@H](CC(=O)OC5CCCC5)C(=O)N4C3)cc(-c3ccccc3)nc2c1Cl.Cc1ccc2c(O[C@@H]3C[C@H]4C(=O)C[C@]5(P(=O)(O)Cc6c(F)cccc6F)C[C@H]5CCCCCCC[C@H](CC(=O)OC5CCCC5)C(=O)N4C3)cc(-c3ccccc3)nc2c1Cl. The maximum Gasteiger partial charge on any atom is 0.306 e. The highest BCUT2D eigenvalue weighted by atomic mass is 35.5. The Hall–Kier alpha value is -8.62. The molecule has 8 aliphatic rings. The summed E-state index contributed by atoms with van der Waals surface area (Å²) in [5.41, 5.74) is 4.73. The number of rotatable bonds is 18. The molecule has 7 fully saturated rings. The Morgan fingerprint density at radius 1 is 0.492 bits per heavy atom. The van der Waals surface area contributed by atoms with Gasteiger partial charge in [0, 0.05) is 82.7 Å². The first-order valence-electron chi connectivity index (χ1n) is 43.5. The topological polar surface area (TPSA) is 246 Å². The third-order valence-corrected chi connectivity index (χ3v) is 33.5.